The van der Waals surface area contributed by atoms with Crippen LogP contribution in [0.1, 0.15) is 17.3 Å². The van der Waals surface area contributed by atoms with E-state index < -0.39 is 5.91 Å². The number of benzene rings is 2. The molecule has 1 amide bonds. The molecule has 0 fully saturated rings. The van der Waals surface area contributed by atoms with E-state index in [4.69, 9.17) is 15.5 Å². The van der Waals surface area contributed by atoms with Gasteiger partial charge in [-0.1, -0.05) is 24.3 Å². The van der Waals surface area contributed by atoms with Crippen molar-refractivity contribution in [3.05, 3.63) is 78.9 Å². The molecular formula is C23H20N8O2. The maximum atomic E-state index is 11.6. The van der Waals surface area contributed by atoms with Gasteiger partial charge in [-0.15, -0.1) is 5.10 Å². The molecule has 0 radical (unpaired) electrons. The maximum Gasteiger partial charge on any atom is 0.248 e. The fourth-order valence-corrected chi connectivity index (χ4v) is 3.60. The fraction of sp³-hybridized carbons (Fsp3) is 0.130. The predicted molar refractivity (Wildman–Crippen MR) is 120 cm³/mol. The van der Waals surface area contributed by atoms with Crippen LogP contribution in [0, 0.1) is 0 Å². The van der Waals surface area contributed by atoms with Crippen LogP contribution < -0.4 is 10.5 Å². The normalized spacial score (nSPS) is 12.0. The highest BCUT2D eigenvalue weighted by molar-refractivity contribution is 5.94. The van der Waals surface area contributed by atoms with Crippen LogP contribution >= 0.6 is 0 Å². The van der Waals surface area contributed by atoms with E-state index in [-0.39, 0.29) is 6.10 Å². The molecule has 1 atom stereocenters. The zero-order valence-electron chi connectivity index (χ0n) is 17.7. The quantitative estimate of drug-likeness (QED) is 0.412. The van der Waals surface area contributed by atoms with E-state index in [1.165, 1.54) is 0 Å². The number of carbonyl (C=O) groups excluding carboxylic acids is 1. The second-order valence-corrected chi connectivity index (χ2v) is 7.57. The van der Waals surface area contributed by atoms with Crippen LogP contribution in [0.15, 0.2) is 73.3 Å². The largest absolute Gasteiger partial charge is 0.489 e. The summed E-state index contributed by atoms with van der Waals surface area (Å²) in [5.74, 6) is 0.241. The summed E-state index contributed by atoms with van der Waals surface area (Å²) in [6.45, 7) is 2.49. The summed E-state index contributed by atoms with van der Waals surface area (Å²) in [6, 6.07) is 16.8. The van der Waals surface area contributed by atoms with Crippen molar-refractivity contribution in [1.29, 1.82) is 0 Å². The third-order valence-electron chi connectivity index (χ3n) is 5.13. The number of primary amides is 1. The van der Waals surface area contributed by atoms with Crippen molar-refractivity contribution < 1.29 is 9.53 Å². The molecule has 3 aromatic heterocycles. The number of amides is 1. The Hall–Kier alpha value is -4.60. The number of ether oxygens (including phenoxy) is 1. The average Bonchev–Trinajstić information content (AvgIpc) is 3.48. The Labute approximate surface area is 188 Å². The number of rotatable bonds is 7. The number of nitrogens with two attached hydrogens (primary N) is 1. The van der Waals surface area contributed by atoms with Gasteiger partial charge in [0.05, 0.1) is 18.4 Å². The average molecular weight is 440 g/mol. The highest BCUT2D eigenvalue weighted by Gasteiger charge is 2.13. The lowest BCUT2D eigenvalue weighted by molar-refractivity contribution is 0.100. The Morgan fingerprint density at radius 3 is 2.79 bits per heavy atom. The summed E-state index contributed by atoms with van der Waals surface area (Å²) in [6.07, 6.45) is 5.01. The van der Waals surface area contributed by atoms with Crippen LogP contribution in [0.25, 0.3) is 28.0 Å². The maximum absolute atomic E-state index is 11.6. The van der Waals surface area contributed by atoms with Gasteiger partial charge < -0.3 is 10.5 Å². The van der Waals surface area contributed by atoms with E-state index in [1.54, 1.807) is 39.9 Å². The van der Waals surface area contributed by atoms with Crippen molar-refractivity contribution in [2.75, 3.05) is 0 Å². The zero-order valence-corrected chi connectivity index (χ0v) is 17.7. The van der Waals surface area contributed by atoms with Crippen LogP contribution in [0.3, 0.4) is 0 Å². The van der Waals surface area contributed by atoms with Crippen molar-refractivity contribution >= 4 is 11.6 Å². The molecule has 10 heteroatoms. The first-order chi connectivity index (χ1) is 16.1. The second-order valence-electron chi connectivity index (χ2n) is 7.57. The van der Waals surface area contributed by atoms with E-state index in [9.17, 15) is 4.79 Å². The van der Waals surface area contributed by atoms with Crippen LogP contribution in [-0.4, -0.2) is 46.8 Å². The van der Waals surface area contributed by atoms with E-state index in [0.717, 1.165) is 28.1 Å². The van der Waals surface area contributed by atoms with Gasteiger partial charge >= 0.3 is 0 Å². The van der Waals surface area contributed by atoms with Gasteiger partial charge in [0, 0.05) is 22.9 Å². The summed E-state index contributed by atoms with van der Waals surface area (Å²) in [4.78, 5) is 16.4. The molecule has 2 aromatic carbocycles. The molecule has 10 nitrogen and oxygen atoms in total. The Morgan fingerprint density at radius 1 is 1.12 bits per heavy atom. The van der Waals surface area contributed by atoms with Gasteiger partial charge in [0.25, 0.3) is 0 Å². The molecule has 0 unspecified atom stereocenters. The van der Waals surface area contributed by atoms with E-state index in [0.29, 0.717) is 17.8 Å². The lowest BCUT2D eigenvalue weighted by Crippen LogP contribution is -2.20. The first kappa shape index (κ1) is 20.3. The summed E-state index contributed by atoms with van der Waals surface area (Å²) in [5.41, 5.74) is 9.85. The minimum atomic E-state index is -0.479. The lowest BCUT2D eigenvalue weighted by atomic mass is 10.1. The molecule has 0 aliphatic carbocycles. The Bertz CT molecular complexity index is 1430. The molecule has 33 heavy (non-hydrogen) atoms. The van der Waals surface area contributed by atoms with Crippen LogP contribution in [0.2, 0.25) is 0 Å². The number of hydrogen-bond donors (Lipinski definition) is 1. The number of aromatic nitrogens is 7. The van der Waals surface area contributed by atoms with Crippen LogP contribution in [0.4, 0.5) is 0 Å². The van der Waals surface area contributed by atoms with Crippen molar-refractivity contribution in [3.63, 3.8) is 0 Å². The molecule has 0 aliphatic heterocycles. The molecule has 5 rings (SSSR count). The van der Waals surface area contributed by atoms with Gasteiger partial charge in [0.2, 0.25) is 5.91 Å². The third-order valence-corrected chi connectivity index (χ3v) is 5.13. The smallest absolute Gasteiger partial charge is 0.248 e. The molecule has 5 aromatic rings. The Kier molecular flexibility index (Phi) is 5.23. The Morgan fingerprint density at radius 2 is 1.97 bits per heavy atom. The van der Waals surface area contributed by atoms with Crippen LogP contribution in [0.5, 0.6) is 5.75 Å². The molecule has 3 heterocycles. The number of nitrogens with zero attached hydrogens (tertiary/aromatic N) is 7. The predicted octanol–water partition coefficient (Wildman–Crippen LogP) is 2.62. The zero-order chi connectivity index (χ0) is 22.8. The van der Waals surface area contributed by atoms with Gasteiger partial charge in [-0.05, 0) is 53.2 Å². The minimum absolute atomic E-state index is 0.127. The van der Waals surface area contributed by atoms with Gasteiger partial charge in [0.15, 0.2) is 5.65 Å². The number of fused-ring (bicyclic) bond motifs is 1. The monoisotopic (exact) mass is 440 g/mol. The van der Waals surface area contributed by atoms with Crippen molar-refractivity contribution in [1.82, 2.24) is 34.8 Å². The summed E-state index contributed by atoms with van der Waals surface area (Å²) >= 11 is 0. The van der Waals surface area contributed by atoms with Gasteiger partial charge in [-0.2, -0.15) is 5.10 Å². The van der Waals surface area contributed by atoms with Crippen molar-refractivity contribution in [2.45, 2.75) is 19.6 Å². The number of hydrogen-bond acceptors (Lipinski definition) is 7. The third kappa shape index (κ3) is 4.26. The SMILES string of the molecule is C[C@@H](Cn1cnnn1)Oc1cccc(-c2ccn3ncc(-c4cccc(C(N)=O)c4)c3n2)c1. The first-order valence-electron chi connectivity index (χ1n) is 10.3. The van der Waals surface area contributed by atoms with Gasteiger partial charge in [-0.25, -0.2) is 14.2 Å². The topological polar surface area (TPSA) is 126 Å². The summed E-state index contributed by atoms with van der Waals surface area (Å²) in [5, 5.41) is 15.5. The van der Waals surface area contributed by atoms with E-state index in [2.05, 4.69) is 20.6 Å². The van der Waals surface area contributed by atoms with Gasteiger partial charge in [-0.3, -0.25) is 4.79 Å². The first-order valence-corrected chi connectivity index (χ1v) is 10.3. The summed E-state index contributed by atoms with van der Waals surface area (Å²) < 4.78 is 9.37. The number of carbonyl (C=O) groups is 1. The highest BCUT2D eigenvalue weighted by atomic mass is 16.5. The molecule has 164 valence electrons. The van der Waals surface area contributed by atoms with Crippen molar-refractivity contribution in [3.8, 4) is 28.1 Å². The fourth-order valence-electron chi connectivity index (χ4n) is 3.60. The highest BCUT2D eigenvalue weighted by Crippen LogP contribution is 2.28. The molecule has 0 saturated carbocycles. The molecule has 0 saturated heterocycles. The van der Waals surface area contributed by atoms with E-state index >= 15 is 0 Å². The molecule has 2 N–H and O–H groups in total. The second kappa shape index (κ2) is 8.50. The van der Waals surface area contributed by atoms with Gasteiger partial charge in [0.1, 0.15) is 18.2 Å². The molecule has 0 bridgehead atoms. The molecule has 0 aliphatic rings. The standard InChI is InChI=1S/C23H20N8O2/c1-15(13-30-14-25-28-29-30)33-19-7-3-5-17(11-19)21-8-9-31-23(27-21)20(12-26-31)16-4-2-6-18(10-16)22(24)32/h2-12,14-15H,13H2,1H3,(H2,24,32)/t15-/m0/s1. The lowest BCUT2D eigenvalue weighted by Gasteiger charge is -2.15. The molecular weight excluding hydrogens is 420 g/mol. The molecule has 0 spiro atoms. The Balaban J connectivity index is 1.44. The van der Waals surface area contributed by atoms with Crippen LogP contribution in [-0.2, 0) is 6.54 Å². The van der Waals surface area contributed by atoms with E-state index in [1.807, 2.05) is 49.5 Å². The summed E-state index contributed by atoms with van der Waals surface area (Å²) in [7, 11) is 0. The minimum Gasteiger partial charge on any atom is -0.489 e. The van der Waals surface area contributed by atoms with Crippen molar-refractivity contribution in [2.24, 2.45) is 5.73 Å². The number of tetrazole rings is 1.